The molecule has 3 heterocycles. The maximum absolute atomic E-state index is 12.9. The Labute approximate surface area is 179 Å². The summed E-state index contributed by atoms with van der Waals surface area (Å²) in [5.41, 5.74) is 3.26. The van der Waals surface area contributed by atoms with Crippen molar-refractivity contribution in [1.82, 2.24) is 10.2 Å². The monoisotopic (exact) mass is 421 g/mol. The van der Waals surface area contributed by atoms with Gasteiger partial charge in [0.25, 0.3) is 5.91 Å². The van der Waals surface area contributed by atoms with Crippen molar-refractivity contribution in [3.05, 3.63) is 59.2 Å². The minimum absolute atomic E-state index is 0.00222. The highest BCUT2D eigenvalue weighted by Gasteiger charge is 2.41. The van der Waals surface area contributed by atoms with Crippen LogP contribution in [0, 0.1) is 0 Å². The molecule has 8 heteroatoms. The number of hydrogen-bond acceptors (Lipinski definition) is 6. The molecule has 0 aliphatic carbocycles. The fourth-order valence-corrected chi connectivity index (χ4v) is 4.32. The molecule has 0 spiro atoms. The van der Waals surface area contributed by atoms with E-state index in [1.165, 1.54) is 4.90 Å². The third-order valence-corrected chi connectivity index (χ3v) is 5.89. The topological polar surface area (TPSA) is 97.0 Å². The minimum atomic E-state index is -0.635. The van der Waals surface area contributed by atoms with Gasteiger partial charge in [-0.05, 0) is 24.1 Å². The summed E-state index contributed by atoms with van der Waals surface area (Å²) in [6, 6.07) is 13.0. The van der Waals surface area contributed by atoms with E-state index in [0.717, 1.165) is 16.8 Å². The van der Waals surface area contributed by atoms with Gasteiger partial charge in [-0.3, -0.25) is 19.7 Å². The summed E-state index contributed by atoms with van der Waals surface area (Å²) < 4.78 is 11.9. The summed E-state index contributed by atoms with van der Waals surface area (Å²) in [7, 11) is 0. The molecule has 0 saturated carbocycles. The molecule has 3 aliphatic heterocycles. The van der Waals surface area contributed by atoms with Crippen LogP contribution in [0.5, 0.6) is 5.75 Å². The first-order valence-electron chi connectivity index (χ1n) is 10.4. The molecule has 0 bridgehead atoms. The zero-order chi connectivity index (χ0) is 21.4. The number of benzene rings is 2. The van der Waals surface area contributed by atoms with Gasteiger partial charge in [-0.1, -0.05) is 30.3 Å². The zero-order valence-electron chi connectivity index (χ0n) is 16.9. The number of carbonyl (C=O) groups is 3. The molecule has 2 aromatic rings. The molecule has 0 aromatic heterocycles. The lowest BCUT2D eigenvalue weighted by Crippen LogP contribution is -2.52. The minimum Gasteiger partial charge on any atom is -0.489 e. The molecule has 3 amide bonds. The van der Waals surface area contributed by atoms with E-state index in [0.29, 0.717) is 44.1 Å². The van der Waals surface area contributed by atoms with E-state index >= 15 is 0 Å². The van der Waals surface area contributed by atoms with E-state index in [-0.39, 0.29) is 24.3 Å². The van der Waals surface area contributed by atoms with Crippen molar-refractivity contribution in [2.75, 3.05) is 18.5 Å². The first-order valence-corrected chi connectivity index (χ1v) is 10.4. The first-order chi connectivity index (χ1) is 15.1. The largest absolute Gasteiger partial charge is 0.489 e. The molecule has 0 radical (unpaired) electrons. The maximum atomic E-state index is 12.9. The van der Waals surface area contributed by atoms with Gasteiger partial charge < -0.3 is 19.7 Å². The van der Waals surface area contributed by atoms with Gasteiger partial charge in [0.2, 0.25) is 11.8 Å². The van der Waals surface area contributed by atoms with Crippen molar-refractivity contribution < 1.29 is 23.9 Å². The Hall–Kier alpha value is -3.39. The molecule has 1 unspecified atom stereocenters. The molecule has 160 valence electrons. The second kappa shape index (κ2) is 8.03. The number of amides is 3. The Bertz CT molecular complexity index is 1040. The van der Waals surface area contributed by atoms with Crippen molar-refractivity contribution in [1.29, 1.82) is 0 Å². The Morgan fingerprint density at radius 2 is 1.94 bits per heavy atom. The molecule has 2 atom stereocenters. The van der Waals surface area contributed by atoms with Crippen LogP contribution in [0.2, 0.25) is 0 Å². The number of nitrogens with zero attached hydrogens (tertiary/aromatic N) is 1. The number of hydrogen-bond donors (Lipinski definition) is 2. The number of rotatable bonds is 5. The Morgan fingerprint density at radius 1 is 1.10 bits per heavy atom. The molecule has 1 fully saturated rings. The summed E-state index contributed by atoms with van der Waals surface area (Å²) >= 11 is 0. The average Bonchev–Trinajstić information content (AvgIpc) is 3.11. The molecule has 3 aliphatic rings. The van der Waals surface area contributed by atoms with Crippen LogP contribution in [-0.4, -0.2) is 47.9 Å². The van der Waals surface area contributed by atoms with Crippen LogP contribution < -0.4 is 15.4 Å². The fraction of sp³-hybridized carbons (Fsp3) is 0.348. The number of imide groups is 1. The highest BCUT2D eigenvalue weighted by Crippen LogP contribution is 2.40. The van der Waals surface area contributed by atoms with Gasteiger partial charge >= 0.3 is 0 Å². The fourth-order valence-electron chi connectivity index (χ4n) is 4.32. The third-order valence-electron chi connectivity index (χ3n) is 5.89. The van der Waals surface area contributed by atoms with Gasteiger partial charge in [-0.25, -0.2) is 0 Å². The lowest BCUT2D eigenvalue weighted by atomic mass is 10.0. The quantitative estimate of drug-likeness (QED) is 0.715. The van der Waals surface area contributed by atoms with Crippen LogP contribution in [-0.2, 0) is 27.5 Å². The third kappa shape index (κ3) is 3.74. The summed E-state index contributed by atoms with van der Waals surface area (Å²) in [6.45, 7) is 1.74. The highest BCUT2D eigenvalue weighted by molar-refractivity contribution is 6.06. The molecule has 2 N–H and O–H groups in total. The normalized spacial score (nSPS) is 22.3. The average molecular weight is 421 g/mol. The van der Waals surface area contributed by atoms with Crippen molar-refractivity contribution in [2.45, 2.75) is 38.1 Å². The van der Waals surface area contributed by atoms with Crippen LogP contribution in [0.4, 0.5) is 5.69 Å². The Morgan fingerprint density at radius 3 is 2.74 bits per heavy atom. The molecule has 31 heavy (non-hydrogen) atoms. The van der Waals surface area contributed by atoms with E-state index in [1.54, 1.807) is 6.07 Å². The van der Waals surface area contributed by atoms with Gasteiger partial charge in [0.05, 0.1) is 31.5 Å². The summed E-state index contributed by atoms with van der Waals surface area (Å²) in [5.74, 6) is -0.263. The maximum Gasteiger partial charge on any atom is 0.255 e. The lowest BCUT2D eigenvalue weighted by Gasteiger charge is -2.30. The van der Waals surface area contributed by atoms with Crippen molar-refractivity contribution >= 4 is 23.4 Å². The van der Waals surface area contributed by atoms with Crippen molar-refractivity contribution in [3.63, 3.8) is 0 Å². The van der Waals surface area contributed by atoms with E-state index in [1.807, 2.05) is 36.4 Å². The molecular formula is C23H23N3O5. The molecule has 1 saturated heterocycles. The number of carbonyl (C=O) groups excluding carboxylic acids is 3. The number of anilines is 1. The zero-order valence-corrected chi connectivity index (χ0v) is 16.9. The second-order valence-corrected chi connectivity index (χ2v) is 8.02. The standard InChI is InChI=1S/C23H23N3O5/c27-20-9-8-19(22(28)25-20)26-10-17-16(23(26)29)6-7-18-21(17)31-13-15(24-18)12-30-11-14-4-2-1-3-5-14/h1-7,15,19,24H,8-13H2,(H,25,27,28)/t15?,19-/m0/s1. The molecule has 2 aromatic carbocycles. The van der Waals surface area contributed by atoms with E-state index in [9.17, 15) is 14.4 Å². The van der Waals surface area contributed by atoms with E-state index < -0.39 is 11.9 Å². The predicted molar refractivity (Wildman–Crippen MR) is 111 cm³/mol. The Balaban J connectivity index is 1.25. The van der Waals surface area contributed by atoms with Crippen LogP contribution in [0.25, 0.3) is 0 Å². The van der Waals surface area contributed by atoms with Gasteiger partial charge in [0.1, 0.15) is 18.4 Å². The summed E-state index contributed by atoms with van der Waals surface area (Å²) in [5, 5.41) is 5.76. The molecule has 8 nitrogen and oxygen atoms in total. The molecule has 5 rings (SSSR count). The van der Waals surface area contributed by atoms with Crippen molar-refractivity contribution in [2.24, 2.45) is 0 Å². The predicted octanol–water partition coefficient (Wildman–Crippen LogP) is 1.84. The number of nitrogens with one attached hydrogen (secondary N) is 2. The highest BCUT2D eigenvalue weighted by atomic mass is 16.5. The summed E-state index contributed by atoms with van der Waals surface area (Å²) in [4.78, 5) is 38.1. The SMILES string of the molecule is O=C1CC[C@H](N2Cc3c(ccc4c3OCC(COCc3ccccc3)N4)C2=O)C(=O)N1. The van der Waals surface area contributed by atoms with Crippen LogP contribution in [0.1, 0.15) is 34.3 Å². The van der Waals surface area contributed by atoms with Crippen LogP contribution in [0.15, 0.2) is 42.5 Å². The van der Waals surface area contributed by atoms with Crippen LogP contribution >= 0.6 is 0 Å². The van der Waals surface area contributed by atoms with Crippen LogP contribution in [0.3, 0.4) is 0 Å². The summed E-state index contributed by atoms with van der Waals surface area (Å²) in [6.07, 6.45) is 0.573. The lowest BCUT2D eigenvalue weighted by molar-refractivity contribution is -0.136. The number of ether oxygens (including phenoxy) is 2. The second-order valence-electron chi connectivity index (χ2n) is 8.02. The van der Waals surface area contributed by atoms with E-state index in [4.69, 9.17) is 9.47 Å². The van der Waals surface area contributed by atoms with Gasteiger partial charge in [0.15, 0.2) is 0 Å². The van der Waals surface area contributed by atoms with Gasteiger partial charge in [0, 0.05) is 17.5 Å². The van der Waals surface area contributed by atoms with Gasteiger partial charge in [-0.2, -0.15) is 0 Å². The van der Waals surface area contributed by atoms with E-state index in [2.05, 4.69) is 10.6 Å². The smallest absolute Gasteiger partial charge is 0.255 e. The van der Waals surface area contributed by atoms with Crippen molar-refractivity contribution in [3.8, 4) is 5.75 Å². The van der Waals surface area contributed by atoms with Gasteiger partial charge in [-0.15, -0.1) is 0 Å². The molecular weight excluding hydrogens is 398 g/mol. The first kappa shape index (κ1) is 19.6. The number of piperidine rings is 1. The Kier molecular flexibility index (Phi) is 5.07. The number of fused-ring (bicyclic) bond motifs is 3.